The lowest BCUT2D eigenvalue weighted by atomic mass is 10.0. The Morgan fingerprint density at radius 3 is 2.36 bits per heavy atom. The monoisotopic (exact) mass is 574 g/mol. The number of thiazole rings is 1. The van der Waals surface area contributed by atoms with Gasteiger partial charge in [-0.1, -0.05) is 18.2 Å². The average Bonchev–Trinajstić information content (AvgIpc) is 3.66. The fourth-order valence-corrected chi connectivity index (χ4v) is 6.64. The average molecular weight is 575 g/mol. The molecule has 2 aliphatic rings. The molecule has 0 bridgehead atoms. The number of rotatable bonds is 5. The number of hydrogen-bond donors (Lipinski definition) is 1. The van der Waals surface area contributed by atoms with Crippen molar-refractivity contribution in [3.05, 3.63) is 75.3 Å². The molecular weight excluding hydrogens is 552 g/mol. The van der Waals surface area contributed by atoms with E-state index in [1.54, 1.807) is 38.9 Å². The standard InChI is InChI=1S/C27H22F4N4O2S2/c28-23-20-6-3-16(15-1-4-17(5-2-15)27(29,30)31)9-22(20)39-24(23)26(37)35-11-19(12-35)33-18-7-8-34(10-18)25(36)21-13-38-14-32-21/h1-6,9,13-14,18-19,33H,7-8,10-12H2. The molecule has 2 fully saturated rings. The maximum Gasteiger partial charge on any atom is 0.416 e. The number of alkyl halides is 3. The summed E-state index contributed by atoms with van der Waals surface area (Å²) in [6.45, 7) is 2.11. The third-order valence-electron chi connectivity index (χ3n) is 7.14. The molecule has 2 aromatic carbocycles. The van der Waals surface area contributed by atoms with Gasteiger partial charge in [0.05, 0.1) is 11.1 Å². The van der Waals surface area contributed by atoms with Gasteiger partial charge in [-0.15, -0.1) is 22.7 Å². The van der Waals surface area contributed by atoms with Crippen molar-refractivity contribution in [1.82, 2.24) is 20.1 Å². The van der Waals surface area contributed by atoms with Crippen molar-refractivity contribution in [3.63, 3.8) is 0 Å². The van der Waals surface area contributed by atoms with Gasteiger partial charge in [0.15, 0.2) is 5.82 Å². The number of nitrogens with zero attached hydrogens (tertiary/aromatic N) is 3. The molecule has 6 rings (SSSR count). The van der Waals surface area contributed by atoms with Gasteiger partial charge in [-0.3, -0.25) is 9.59 Å². The van der Waals surface area contributed by atoms with E-state index in [1.165, 1.54) is 23.5 Å². The summed E-state index contributed by atoms with van der Waals surface area (Å²) in [5.41, 5.74) is 2.57. The molecule has 1 N–H and O–H groups in total. The number of fused-ring (bicyclic) bond motifs is 1. The van der Waals surface area contributed by atoms with Crippen LogP contribution in [0.1, 0.15) is 32.1 Å². The zero-order valence-corrected chi connectivity index (χ0v) is 22.0. The van der Waals surface area contributed by atoms with E-state index in [9.17, 15) is 22.8 Å². The van der Waals surface area contributed by atoms with E-state index in [0.717, 1.165) is 29.9 Å². The summed E-state index contributed by atoms with van der Waals surface area (Å²) in [6.07, 6.45) is -3.61. The largest absolute Gasteiger partial charge is 0.416 e. The van der Waals surface area contributed by atoms with E-state index >= 15 is 4.39 Å². The molecule has 0 aliphatic carbocycles. The highest BCUT2D eigenvalue weighted by molar-refractivity contribution is 7.20. The quantitative estimate of drug-likeness (QED) is 0.319. The maximum absolute atomic E-state index is 15.2. The van der Waals surface area contributed by atoms with Gasteiger partial charge < -0.3 is 15.1 Å². The van der Waals surface area contributed by atoms with E-state index < -0.39 is 17.6 Å². The Balaban J connectivity index is 1.08. The molecule has 6 nitrogen and oxygen atoms in total. The first-order valence-corrected chi connectivity index (χ1v) is 14.1. The summed E-state index contributed by atoms with van der Waals surface area (Å²) in [5, 5.41) is 5.54. The Morgan fingerprint density at radius 2 is 1.67 bits per heavy atom. The minimum atomic E-state index is -4.42. The number of aromatic nitrogens is 1. The number of carbonyl (C=O) groups excluding carboxylic acids is 2. The summed E-state index contributed by atoms with van der Waals surface area (Å²) < 4.78 is 54.3. The van der Waals surface area contributed by atoms with Gasteiger partial charge in [-0.05, 0) is 41.8 Å². The van der Waals surface area contributed by atoms with Crippen LogP contribution in [0.25, 0.3) is 21.2 Å². The zero-order chi connectivity index (χ0) is 27.3. The Kier molecular flexibility index (Phi) is 6.64. The van der Waals surface area contributed by atoms with Crippen LogP contribution in [0.3, 0.4) is 0 Å². The number of hydrogen-bond acceptors (Lipinski definition) is 6. The van der Waals surface area contributed by atoms with Crippen LogP contribution in [0.5, 0.6) is 0 Å². The van der Waals surface area contributed by atoms with Gasteiger partial charge in [0.25, 0.3) is 11.8 Å². The van der Waals surface area contributed by atoms with Crippen LogP contribution in [0.15, 0.2) is 53.4 Å². The Bertz CT molecular complexity index is 1530. The molecule has 0 saturated carbocycles. The van der Waals surface area contributed by atoms with Crippen molar-refractivity contribution in [2.24, 2.45) is 0 Å². The Hall–Kier alpha value is -3.35. The van der Waals surface area contributed by atoms with Crippen molar-refractivity contribution in [2.75, 3.05) is 26.2 Å². The molecule has 1 unspecified atom stereocenters. The van der Waals surface area contributed by atoms with Crippen LogP contribution < -0.4 is 5.32 Å². The lowest BCUT2D eigenvalue weighted by Gasteiger charge is -2.40. The molecular formula is C27H22F4N4O2S2. The number of amides is 2. The van der Waals surface area contributed by atoms with Crippen LogP contribution in [0.4, 0.5) is 17.6 Å². The summed E-state index contributed by atoms with van der Waals surface area (Å²) in [4.78, 5) is 33.0. The van der Waals surface area contributed by atoms with Gasteiger partial charge in [0.2, 0.25) is 0 Å². The highest BCUT2D eigenvalue weighted by atomic mass is 32.1. The van der Waals surface area contributed by atoms with Crippen molar-refractivity contribution < 1.29 is 27.2 Å². The molecule has 0 spiro atoms. The molecule has 39 heavy (non-hydrogen) atoms. The topological polar surface area (TPSA) is 65.5 Å². The normalized spacial score (nSPS) is 18.1. The molecule has 4 aromatic rings. The van der Waals surface area contributed by atoms with Gasteiger partial charge in [-0.2, -0.15) is 13.2 Å². The summed E-state index contributed by atoms with van der Waals surface area (Å²) in [5.74, 6) is -1.04. The molecule has 2 aromatic heterocycles. The molecule has 4 heterocycles. The second-order valence-electron chi connectivity index (χ2n) is 9.72. The van der Waals surface area contributed by atoms with Gasteiger partial charge in [0.1, 0.15) is 10.6 Å². The second kappa shape index (κ2) is 10.00. The first-order chi connectivity index (χ1) is 18.7. The predicted octanol–water partition coefficient (Wildman–Crippen LogP) is 5.51. The molecule has 1 atom stereocenters. The number of carbonyl (C=O) groups is 2. The highest BCUT2D eigenvalue weighted by Gasteiger charge is 2.37. The molecule has 2 saturated heterocycles. The summed E-state index contributed by atoms with van der Waals surface area (Å²) >= 11 is 2.43. The lowest BCUT2D eigenvalue weighted by Crippen LogP contribution is -2.62. The maximum atomic E-state index is 15.2. The summed E-state index contributed by atoms with van der Waals surface area (Å²) in [7, 11) is 0. The number of nitrogens with one attached hydrogen (secondary N) is 1. The fraction of sp³-hybridized carbons (Fsp3) is 0.296. The van der Waals surface area contributed by atoms with E-state index in [-0.39, 0.29) is 28.8 Å². The van der Waals surface area contributed by atoms with Crippen molar-refractivity contribution in [2.45, 2.75) is 24.7 Å². The van der Waals surface area contributed by atoms with E-state index in [0.29, 0.717) is 53.1 Å². The van der Waals surface area contributed by atoms with Gasteiger partial charge >= 0.3 is 6.18 Å². The van der Waals surface area contributed by atoms with Crippen LogP contribution >= 0.6 is 22.7 Å². The molecule has 0 radical (unpaired) electrons. The van der Waals surface area contributed by atoms with Gasteiger partial charge in [-0.25, -0.2) is 9.37 Å². The predicted molar refractivity (Wildman–Crippen MR) is 141 cm³/mol. The minimum absolute atomic E-state index is 0.0221. The third-order valence-corrected chi connectivity index (χ3v) is 8.84. The zero-order valence-electron chi connectivity index (χ0n) is 20.4. The molecule has 2 amide bonds. The first-order valence-electron chi connectivity index (χ1n) is 12.3. The van der Waals surface area contributed by atoms with E-state index in [2.05, 4.69) is 10.3 Å². The second-order valence-corrected chi connectivity index (χ2v) is 11.5. The number of halogens is 4. The van der Waals surface area contributed by atoms with Crippen LogP contribution in [-0.4, -0.2) is 64.9 Å². The van der Waals surface area contributed by atoms with Crippen molar-refractivity contribution in [1.29, 1.82) is 0 Å². The van der Waals surface area contributed by atoms with Crippen molar-refractivity contribution in [3.8, 4) is 11.1 Å². The lowest BCUT2D eigenvalue weighted by molar-refractivity contribution is -0.137. The van der Waals surface area contributed by atoms with Crippen LogP contribution in [0, 0.1) is 5.82 Å². The number of thiophene rings is 1. The molecule has 2 aliphatic heterocycles. The van der Waals surface area contributed by atoms with E-state index in [4.69, 9.17) is 0 Å². The molecule has 12 heteroatoms. The first kappa shape index (κ1) is 25.9. The smallest absolute Gasteiger partial charge is 0.336 e. The Morgan fingerprint density at radius 1 is 0.949 bits per heavy atom. The third kappa shape index (κ3) is 5.04. The SMILES string of the molecule is O=C(c1cscn1)N1CCC(NC2CN(C(=O)c3sc4cc(-c5ccc(C(F)(F)F)cc5)ccc4c3F)C2)C1. The fourth-order valence-electron chi connectivity index (χ4n) is 5.02. The molecule has 202 valence electrons. The van der Waals surface area contributed by atoms with E-state index in [1.807, 2.05) is 0 Å². The number of likely N-dealkylation sites (tertiary alicyclic amines) is 2. The summed E-state index contributed by atoms with van der Waals surface area (Å²) in [6, 6.07) is 9.88. The van der Waals surface area contributed by atoms with Crippen LogP contribution in [-0.2, 0) is 6.18 Å². The van der Waals surface area contributed by atoms with Crippen molar-refractivity contribution >= 4 is 44.6 Å². The van der Waals surface area contributed by atoms with Gasteiger partial charge in [0, 0.05) is 53.7 Å². The number of benzene rings is 2. The Labute approximate surface area is 228 Å². The highest BCUT2D eigenvalue weighted by Crippen LogP contribution is 2.36. The minimum Gasteiger partial charge on any atom is -0.336 e. The van der Waals surface area contributed by atoms with Crippen LogP contribution in [0.2, 0.25) is 0 Å².